The highest BCUT2D eigenvalue weighted by molar-refractivity contribution is 6.05. The summed E-state index contributed by atoms with van der Waals surface area (Å²) in [5, 5.41) is 9.02. The Labute approximate surface area is 88.6 Å². The molecule has 15 heavy (non-hydrogen) atoms. The van der Waals surface area contributed by atoms with Gasteiger partial charge in [-0.1, -0.05) is 6.08 Å². The average Bonchev–Trinajstić information content (AvgIpc) is 3.04. The highest BCUT2D eigenvalue weighted by atomic mass is 16.4. The number of carboxylic acids is 1. The van der Waals surface area contributed by atoms with Crippen molar-refractivity contribution in [3.63, 3.8) is 0 Å². The zero-order chi connectivity index (χ0) is 11.1. The lowest BCUT2D eigenvalue weighted by molar-refractivity contribution is -0.153. The molecule has 0 aromatic carbocycles. The van der Waals surface area contributed by atoms with Crippen molar-refractivity contribution in [2.24, 2.45) is 5.41 Å². The van der Waals surface area contributed by atoms with E-state index in [9.17, 15) is 9.59 Å². The SMILES string of the molecule is C=CCN(C(=O)C1(C(=O)O)CC1)C1CC1. The van der Waals surface area contributed by atoms with Crippen LogP contribution in [0.3, 0.4) is 0 Å². The van der Waals surface area contributed by atoms with Crippen LogP contribution in [-0.2, 0) is 9.59 Å². The fraction of sp³-hybridized carbons (Fsp3) is 0.636. The van der Waals surface area contributed by atoms with E-state index in [1.54, 1.807) is 11.0 Å². The van der Waals surface area contributed by atoms with Gasteiger partial charge in [0, 0.05) is 12.6 Å². The molecule has 0 unspecified atom stereocenters. The maximum atomic E-state index is 12.0. The molecule has 0 radical (unpaired) electrons. The smallest absolute Gasteiger partial charge is 0.319 e. The van der Waals surface area contributed by atoms with Gasteiger partial charge in [-0.2, -0.15) is 0 Å². The second-order valence-electron chi connectivity index (χ2n) is 4.36. The molecular weight excluding hydrogens is 194 g/mol. The predicted octanol–water partition coefficient (Wildman–Crippen LogP) is 1.03. The summed E-state index contributed by atoms with van der Waals surface area (Å²) in [6.07, 6.45) is 4.63. The second-order valence-corrected chi connectivity index (χ2v) is 4.36. The highest BCUT2D eigenvalue weighted by Gasteiger charge is 2.59. The number of hydrogen-bond donors (Lipinski definition) is 1. The number of nitrogens with zero attached hydrogens (tertiary/aromatic N) is 1. The number of hydrogen-bond acceptors (Lipinski definition) is 2. The molecule has 0 heterocycles. The van der Waals surface area contributed by atoms with Gasteiger partial charge in [0.2, 0.25) is 5.91 Å². The van der Waals surface area contributed by atoms with Crippen molar-refractivity contribution >= 4 is 11.9 Å². The van der Waals surface area contributed by atoms with E-state index in [2.05, 4.69) is 6.58 Å². The number of carbonyl (C=O) groups is 2. The molecule has 2 aliphatic rings. The van der Waals surface area contributed by atoms with Crippen molar-refractivity contribution in [2.75, 3.05) is 6.54 Å². The minimum absolute atomic E-state index is 0.211. The summed E-state index contributed by atoms with van der Waals surface area (Å²) in [5.74, 6) is -1.18. The summed E-state index contributed by atoms with van der Waals surface area (Å²) in [7, 11) is 0. The van der Waals surface area contributed by atoms with Crippen LogP contribution in [0.15, 0.2) is 12.7 Å². The number of amides is 1. The van der Waals surface area contributed by atoms with E-state index in [1.165, 1.54) is 0 Å². The van der Waals surface area contributed by atoms with Crippen LogP contribution < -0.4 is 0 Å². The molecule has 82 valence electrons. The third kappa shape index (κ3) is 1.64. The van der Waals surface area contributed by atoms with Gasteiger partial charge in [-0.3, -0.25) is 9.59 Å². The molecule has 4 nitrogen and oxygen atoms in total. The summed E-state index contributed by atoms with van der Waals surface area (Å²) in [6.45, 7) is 4.07. The molecule has 0 bridgehead atoms. The van der Waals surface area contributed by atoms with Crippen molar-refractivity contribution in [2.45, 2.75) is 31.7 Å². The molecule has 2 aliphatic carbocycles. The zero-order valence-electron chi connectivity index (χ0n) is 8.61. The van der Waals surface area contributed by atoms with E-state index in [4.69, 9.17) is 5.11 Å². The second kappa shape index (κ2) is 3.36. The summed E-state index contributed by atoms with van der Waals surface area (Å²) < 4.78 is 0. The Hall–Kier alpha value is -1.32. The molecule has 0 aromatic rings. The fourth-order valence-corrected chi connectivity index (χ4v) is 1.84. The Morgan fingerprint density at radius 1 is 1.47 bits per heavy atom. The highest BCUT2D eigenvalue weighted by Crippen LogP contribution is 2.48. The van der Waals surface area contributed by atoms with E-state index in [1.807, 2.05) is 0 Å². The van der Waals surface area contributed by atoms with Gasteiger partial charge in [0.1, 0.15) is 5.41 Å². The van der Waals surface area contributed by atoms with Crippen LogP contribution >= 0.6 is 0 Å². The minimum Gasteiger partial charge on any atom is -0.480 e. The van der Waals surface area contributed by atoms with E-state index >= 15 is 0 Å². The van der Waals surface area contributed by atoms with Crippen LogP contribution in [0, 0.1) is 5.41 Å². The van der Waals surface area contributed by atoms with Crippen LogP contribution in [0.4, 0.5) is 0 Å². The first-order chi connectivity index (χ1) is 7.12. The maximum Gasteiger partial charge on any atom is 0.319 e. The fourth-order valence-electron chi connectivity index (χ4n) is 1.84. The Bertz CT molecular complexity index is 316. The van der Waals surface area contributed by atoms with Crippen molar-refractivity contribution in [1.82, 2.24) is 4.90 Å². The molecule has 2 rings (SSSR count). The molecule has 0 aromatic heterocycles. The first kappa shape index (κ1) is 10.2. The lowest BCUT2D eigenvalue weighted by Crippen LogP contribution is -2.42. The van der Waals surface area contributed by atoms with E-state index in [-0.39, 0.29) is 11.9 Å². The summed E-state index contributed by atoms with van der Waals surface area (Å²) >= 11 is 0. The number of carbonyl (C=O) groups excluding carboxylic acids is 1. The first-order valence-electron chi connectivity index (χ1n) is 5.27. The molecule has 2 fully saturated rings. The van der Waals surface area contributed by atoms with Crippen molar-refractivity contribution < 1.29 is 14.7 Å². The predicted molar refractivity (Wildman–Crippen MR) is 54.2 cm³/mol. The van der Waals surface area contributed by atoms with Gasteiger partial charge in [0.05, 0.1) is 0 Å². The average molecular weight is 209 g/mol. The normalized spacial score (nSPS) is 21.9. The molecule has 0 atom stereocenters. The van der Waals surface area contributed by atoms with E-state index < -0.39 is 11.4 Å². The topological polar surface area (TPSA) is 57.6 Å². The van der Waals surface area contributed by atoms with Crippen molar-refractivity contribution in [3.05, 3.63) is 12.7 Å². The van der Waals surface area contributed by atoms with E-state index in [0.717, 1.165) is 12.8 Å². The van der Waals surface area contributed by atoms with Gasteiger partial charge >= 0.3 is 5.97 Å². The van der Waals surface area contributed by atoms with Crippen LogP contribution in [0.2, 0.25) is 0 Å². The van der Waals surface area contributed by atoms with Crippen LogP contribution in [0.5, 0.6) is 0 Å². The molecule has 1 amide bonds. The van der Waals surface area contributed by atoms with Gasteiger partial charge in [0.25, 0.3) is 0 Å². The largest absolute Gasteiger partial charge is 0.480 e. The van der Waals surface area contributed by atoms with Crippen LogP contribution in [-0.4, -0.2) is 34.5 Å². The molecule has 0 spiro atoms. The molecule has 4 heteroatoms. The Kier molecular flexibility index (Phi) is 2.29. The molecule has 2 saturated carbocycles. The summed E-state index contributed by atoms with van der Waals surface area (Å²) in [6, 6.07) is 0.257. The Morgan fingerprint density at radius 3 is 2.40 bits per heavy atom. The van der Waals surface area contributed by atoms with Crippen molar-refractivity contribution in [3.8, 4) is 0 Å². The van der Waals surface area contributed by atoms with Gasteiger partial charge < -0.3 is 10.0 Å². The first-order valence-corrected chi connectivity index (χ1v) is 5.27. The molecule has 0 saturated heterocycles. The van der Waals surface area contributed by atoms with Crippen LogP contribution in [0.25, 0.3) is 0 Å². The number of aliphatic carboxylic acids is 1. The summed E-state index contributed by atoms with van der Waals surface area (Å²) in [5.41, 5.74) is -1.09. The van der Waals surface area contributed by atoms with Gasteiger partial charge in [-0.15, -0.1) is 6.58 Å². The minimum atomic E-state index is -1.09. The Balaban J connectivity index is 2.10. The van der Waals surface area contributed by atoms with Crippen LogP contribution in [0.1, 0.15) is 25.7 Å². The van der Waals surface area contributed by atoms with Gasteiger partial charge in [-0.25, -0.2) is 0 Å². The molecule has 0 aliphatic heterocycles. The third-order valence-electron chi connectivity index (χ3n) is 3.14. The van der Waals surface area contributed by atoms with Gasteiger partial charge in [0.15, 0.2) is 0 Å². The monoisotopic (exact) mass is 209 g/mol. The number of carboxylic acid groups (broad SMARTS) is 1. The van der Waals surface area contributed by atoms with Crippen molar-refractivity contribution in [1.29, 1.82) is 0 Å². The third-order valence-corrected chi connectivity index (χ3v) is 3.14. The zero-order valence-corrected chi connectivity index (χ0v) is 8.61. The standard InChI is InChI=1S/C11H15NO3/c1-2-7-12(8-3-4-8)9(13)11(5-6-11)10(14)15/h2,8H,1,3-7H2,(H,14,15). The Morgan fingerprint density at radius 2 is 2.07 bits per heavy atom. The molecular formula is C11H15NO3. The number of rotatable bonds is 5. The summed E-state index contributed by atoms with van der Waals surface area (Å²) in [4.78, 5) is 24.7. The lowest BCUT2D eigenvalue weighted by atomic mass is 10.1. The lowest BCUT2D eigenvalue weighted by Gasteiger charge is -2.24. The molecule has 1 N–H and O–H groups in total. The van der Waals surface area contributed by atoms with E-state index in [0.29, 0.717) is 19.4 Å². The van der Waals surface area contributed by atoms with Gasteiger partial charge in [-0.05, 0) is 25.7 Å². The quantitative estimate of drug-likeness (QED) is 0.543. The maximum absolute atomic E-state index is 12.0.